The van der Waals surface area contributed by atoms with Gasteiger partial charge in [-0.1, -0.05) is 20.4 Å². The molecule has 0 heterocycles. The molecule has 0 aliphatic carbocycles. The lowest BCUT2D eigenvalue weighted by molar-refractivity contribution is -0.372. The smallest absolute Gasteiger partial charge is 0.333 e. The molecule has 8 nitrogen and oxygen atoms in total. The zero-order valence-electron chi connectivity index (χ0n) is 15.2. The summed E-state index contributed by atoms with van der Waals surface area (Å²) in [5.41, 5.74) is 2.93. The van der Waals surface area contributed by atoms with Crippen LogP contribution in [0.2, 0.25) is 0 Å². The summed E-state index contributed by atoms with van der Waals surface area (Å²) < 4.78 is 36.3. The zero-order valence-corrected chi connectivity index (χ0v) is 16.0. The number of esters is 1. The number of carbonyl (C=O) groups excluding carboxylic acids is 2. The van der Waals surface area contributed by atoms with Crippen LogP contribution in [0.1, 0.15) is 41.0 Å². The Morgan fingerprint density at radius 3 is 2.21 bits per heavy atom. The van der Waals surface area contributed by atoms with Gasteiger partial charge in [0.15, 0.2) is 0 Å². The highest BCUT2D eigenvalue weighted by Gasteiger charge is 2.25. The molecular weight excluding hydrogens is 336 g/mol. The molecule has 1 amide bonds. The van der Waals surface area contributed by atoms with E-state index in [4.69, 9.17) is 0 Å². The minimum Gasteiger partial charge on any atom is -0.748 e. The van der Waals surface area contributed by atoms with Crippen molar-refractivity contribution in [1.29, 1.82) is 0 Å². The first-order valence-corrected chi connectivity index (χ1v) is 9.21. The molecule has 0 saturated carbocycles. The minimum atomic E-state index is -4.32. The van der Waals surface area contributed by atoms with E-state index in [9.17, 15) is 22.6 Å². The van der Waals surface area contributed by atoms with Gasteiger partial charge in [0.1, 0.15) is 13.2 Å². The molecule has 0 aromatic carbocycles. The van der Waals surface area contributed by atoms with Crippen molar-refractivity contribution in [2.45, 2.75) is 46.6 Å². The number of rotatable bonds is 8. The standard InChI is InChI=1S/C9H19NO4S.C6H11NO2/c1-5-7(2)8(11)10-9(3,4)6-15(12,13)14;1-5(2)6(8)9-4-3-7/h7H,5-6H2,1-4H3,(H,10,11)(H,12,13,14);1,3-4,7H2,2H3. The molecule has 24 heavy (non-hydrogen) atoms. The Balaban J connectivity index is 0. The molecule has 0 aliphatic rings. The van der Waals surface area contributed by atoms with Gasteiger partial charge in [0.2, 0.25) is 5.91 Å². The summed E-state index contributed by atoms with van der Waals surface area (Å²) in [5, 5.41) is 2.55. The highest BCUT2D eigenvalue weighted by Crippen LogP contribution is 2.09. The fourth-order valence-corrected chi connectivity index (χ4v) is 2.36. The number of hydrogen-bond donors (Lipinski definition) is 2. The van der Waals surface area contributed by atoms with Crippen molar-refractivity contribution < 1.29 is 33.0 Å². The first-order valence-electron chi connectivity index (χ1n) is 7.63. The fourth-order valence-electron chi connectivity index (χ4n) is 1.41. The van der Waals surface area contributed by atoms with Crippen molar-refractivity contribution >= 4 is 22.0 Å². The third-order valence-corrected chi connectivity index (χ3v) is 3.86. The summed E-state index contributed by atoms with van der Waals surface area (Å²) in [5.74, 6) is -1.34. The van der Waals surface area contributed by atoms with Crippen molar-refractivity contribution in [3.63, 3.8) is 0 Å². The monoisotopic (exact) mass is 366 g/mol. The molecule has 0 rings (SSSR count). The summed E-state index contributed by atoms with van der Waals surface area (Å²) in [7, 11) is -4.32. The number of amides is 1. The minimum absolute atomic E-state index is 0.182. The van der Waals surface area contributed by atoms with E-state index in [-0.39, 0.29) is 17.8 Å². The SMILES string of the molecule is C=C(C)C(=O)OCC[NH3+].CCC(C)C(=O)NC(C)(C)CS(=O)(=O)[O-]. The van der Waals surface area contributed by atoms with Crippen LogP contribution in [0.25, 0.3) is 0 Å². The molecule has 0 fully saturated rings. The highest BCUT2D eigenvalue weighted by atomic mass is 32.2. The van der Waals surface area contributed by atoms with Gasteiger partial charge in [0, 0.05) is 17.0 Å². The normalized spacial score (nSPS) is 12.5. The van der Waals surface area contributed by atoms with E-state index in [1.165, 1.54) is 13.8 Å². The topological polar surface area (TPSA) is 140 Å². The Bertz CT molecular complexity index is 528. The van der Waals surface area contributed by atoms with Crippen molar-refractivity contribution in [3.8, 4) is 0 Å². The van der Waals surface area contributed by atoms with Crippen LogP contribution in [0.5, 0.6) is 0 Å². The maximum Gasteiger partial charge on any atom is 0.333 e. The van der Waals surface area contributed by atoms with Gasteiger partial charge in [-0.05, 0) is 27.2 Å². The van der Waals surface area contributed by atoms with E-state index < -0.39 is 21.4 Å². The quantitative estimate of drug-likeness (QED) is 0.347. The van der Waals surface area contributed by atoms with Crippen LogP contribution in [-0.4, -0.2) is 49.3 Å². The summed E-state index contributed by atoms with van der Waals surface area (Å²) in [4.78, 5) is 22.0. The molecule has 1 unspecified atom stereocenters. The third-order valence-electron chi connectivity index (χ3n) is 2.79. The van der Waals surface area contributed by atoms with E-state index in [2.05, 4.69) is 22.4 Å². The van der Waals surface area contributed by atoms with Gasteiger partial charge in [-0.15, -0.1) is 0 Å². The molecule has 0 aromatic rings. The number of quaternary nitrogens is 1. The first kappa shape index (κ1) is 24.8. The number of ether oxygens (including phenoxy) is 1. The molecular formula is C15H30N2O6S. The van der Waals surface area contributed by atoms with Crippen molar-refractivity contribution in [3.05, 3.63) is 12.2 Å². The van der Waals surface area contributed by atoms with Crippen LogP contribution >= 0.6 is 0 Å². The average molecular weight is 366 g/mol. The molecule has 9 heteroatoms. The first-order chi connectivity index (χ1) is 10.8. The van der Waals surface area contributed by atoms with E-state index in [0.29, 0.717) is 25.1 Å². The second-order valence-corrected chi connectivity index (χ2v) is 7.56. The third kappa shape index (κ3) is 14.2. The molecule has 4 N–H and O–H groups in total. The van der Waals surface area contributed by atoms with Crippen LogP contribution in [0.3, 0.4) is 0 Å². The summed E-state index contributed by atoms with van der Waals surface area (Å²) in [6.45, 7) is 12.7. The van der Waals surface area contributed by atoms with Crippen molar-refractivity contribution in [2.75, 3.05) is 18.9 Å². The maximum absolute atomic E-state index is 11.5. The largest absolute Gasteiger partial charge is 0.748 e. The van der Waals surface area contributed by atoms with E-state index in [1.807, 2.05) is 6.92 Å². The lowest BCUT2D eigenvalue weighted by Crippen LogP contribution is -2.52. The molecule has 0 aliphatic heterocycles. The van der Waals surface area contributed by atoms with Crippen molar-refractivity contribution in [2.24, 2.45) is 5.92 Å². The summed E-state index contributed by atoms with van der Waals surface area (Å²) in [6.07, 6.45) is 0.673. The predicted octanol–water partition coefficient (Wildman–Crippen LogP) is -0.180. The number of hydrogen-bond acceptors (Lipinski definition) is 6. The molecule has 0 saturated heterocycles. The van der Waals surface area contributed by atoms with Gasteiger partial charge in [-0.2, -0.15) is 0 Å². The van der Waals surface area contributed by atoms with Crippen LogP contribution in [-0.2, 0) is 24.4 Å². The van der Waals surface area contributed by atoms with Gasteiger partial charge >= 0.3 is 5.97 Å². The van der Waals surface area contributed by atoms with Gasteiger partial charge in [-0.3, -0.25) is 4.79 Å². The Labute approximate surface area is 144 Å². The highest BCUT2D eigenvalue weighted by molar-refractivity contribution is 7.85. The maximum atomic E-state index is 11.5. The fraction of sp³-hybridized carbons (Fsp3) is 0.733. The molecule has 0 aromatic heterocycles. The molecule has 0 radical (unpaired) electrons. The summed E-state index contributed by atoms with van der Waals surface area (Å²) in [6, 6.07) is 0. The lowest BCUT2D eigenvalue weighted by Gasteiger charge is -2.28. The van der Waals surface area contributed by atoms with Crippen LogP contribution in [0.15, 0.2) is 12.2 Å². The van der Waals surface area contributed by atoms with E-state index in [0.717, 1.165) is 0 Å². The van der Waals surface area contributed by atoms with E-state index in [1.54, 1.807) is 13.8 Å². The van der Waals surface area contributed by atoms with Gasteiger partial charge < -0.3 is 20.3 Å². The molecule has 0 bridgehead atoms. The summed E-state index contributed by atoms with van der Waals surface area (Å²) >= 11 is 0. The Hall–Kier alpha value is -1.45. The lowest BCUT2D eigenvalue weighted by atomic mass is 10.0. The second-order valence-electron chi connectivity index (χ2n) is 6.15. The van der Waals surface area contributed by atoms with Gasteiger partial charge in [0.05, 0.1) is 15.9 Å². The van der Waals surface area contributed by atoms with Gasteiger partial charge in [-0.25, -0.2) is 13.2 Å². The van der Waals surface area contributed by atoms with E-state index >= 15 is 0 Å². The molecule has 142 valence electrons. The predicted molar refractivity (Wildman–Crippen MR) is 89.8 cm³/mol. The van der Waals surface area contributed by atoms with Crippen LogP contribution in [0.4, 0.5) is 0 Å². The Morgan fingerprint density at radius 1 is 1.38 bits per heavy atom. The second kappa shape index (κ2) is 11.2. The van der Waals surface area contributed by atoms with Crippen LogP contribution in [0, 0.1) is 5.92 Å². The molecule has 1 atom stereocenters. The molecule has 0 spiro atoms. The number of nitrogens with one attached hydrogen (secondary N) is 1. The average Bonchev–Trinajstić information content (AvgIpc) is 2.40. The Kier molecular flexibility index (Phi) is 11.5. The number of carbonyl (C=O) groups is 2. The zero-order chi connectivity index (χ0) is 19.6. The van der Waals surface area contributed by atoms with Gasteiger partial charge in [0.25, 0.3) is 0 Å². The Morgan fingerprint density at radius 2 is 1.88 bits per heavy atom. The van der Waals surface area contributed by atoms with Crippen molar-refractivity contribution in [1.82, 2.24) is 5.32 Å². The van der Waals surface area contributed by atoms with Crippen LogP contribution < -0.4 is 11.1 Å².